The van der Waals surface area contributed by atoms with Crippen LogP contribution >= 0.6 is 0 Å². The Morgan fingerprint density at radius 1 is 1.25 bits per heavy atom. The number of aromatic nitrogens is 2. The summed E-state index contributed by atoms with van der Waals surface area (Å²) in [5.74, 6) is 0. The Morgan fingerprint density at radius 3 is 1.92 bits per heavy atom. The summed E-state index contributed by atoms with van der Waals surface area (Å²) in [7, 11) is 0. The van der Waals surface area contributed by atoms with Crippen LogP contribution in [0.4, 0.5) is 0 Å². The third-order valence-electron chi connectivity index (χ3n) is 1.47. The molecule has 0 unspecified atom stereocenters. The zero-order valence-corrected chi connectivity index (χ0v) is 9.02. The van der Waals surface area contributed by atoms with Gasteiger partial charge < -0.3 is 0 Å². The molecule has 0 fully saturated rings. The molecule has 12 heavy (non-hydrogen) atoms. The fourth-order valence-corrected chi connectivity index (χ4v) is 0.802. The lowest BCUT2D eigenvalue weighted by atomic mass is 9.92. The summed E-state index contributed by atoms with van der Waals surface area (Å²) in [6.07, 6.45) is 0. The van der Waals surface area contributed by atoms with Crippen molar-refractivity contribution in [3.05, 3.63) is 17.5 Å². The van der Waals surface area contributed by atoms with E-state index < -0.39 is 0 Å². The van der Waals surface area contributed by atoms with Crippen LogP contribution < -0.4 is 0 Å². The summed E-state index contributed by atoms with van der Waals surface area (Å²) in [6.45, 7) is 12.5. The minimum absolute atomic E-state index is 0.171. The van der Waals surface area contributed by atoms with Crippen molar-refractivity contribution in [2.24, 2.45) is 0 Å². The van der Waals surface area contributed by atoms with Gasteiger partial charge in [0, 0.05) is 11.1 Å². The summed E-state index contributed by atoms with van der Waals surface area (Å²) in [5, 5.41) is 7.09. The highest BCUT2D eigenvalue weighted by Gasteiger charge is 2.15. The molecule has 0 aromatic carbocycles. The Hall–Kier alpha value is -0.790. The van der Waals surface area contributed by atoms with E-state index in [2.05, 4.69) is 37.0 Å². The minimum Gasteiger partial charge on any atom is -0.283 e. The normalized spacial score (nSPS) is 10.5. The summed E-state index contributed by atoms with van der Waals surface area (Å²) in [6, 6.07) is 2.08. The lowest BCUT2D eigenvalue weighted by Crippen LogP contribution is -2.11. The molecule has 0 spiro atoms. The number of aromatic amines is 1. The topological polar surface area (TPSA) is 28.7 Å². The van der Waals surface area contributed by atoms with E-state index in [1.165, 1.54) is 0 Å². The molecule has 70 valence electrons. The zero-order chi connectivity index (χ0) is 9.78. The second-order valence-corrected chi connectivity index (χ2v) is 3.69. The van der Waals surface area contributed by atoms with Gasteiger partial charge in [0.15, 0.2) is 0 Å². The third kappa shape index (κ3) is 3.07. The van der Waals surface area contributed by atoms with Gasteiger partial charge in [-0.15, -0.1) is 0 Å². The van der Waals surface area contributed by atoms with Crippen molar-refractivity contribution >= 4 is 0 Å². The number of hydrogen-bond donors (Lipinski definition) is 1. The maximum atomic E-state index is 4.16. The van der Waals surface area contributed by atoms with E-state index in [0.717, 1.165) is 11.4 Å². The summed E-state index contributed by atoms with van der Waals surface area (Å²) in [4.78, 5) is 0. The van der Waals surface area contributed by atoms with E-state index in [0.29, 0.717) is 0 Å². The van der Waals surface area contributed by atoms with Crippen LogP contribution in [0.1, 0.15) is 46.0 Å². The summed E-state index contributed by atoms with van der Waals surface area (Å²) >= 11 is 0. The number of hydrogen-bond acceptors (Lipinski definition) is 1. The Morgan fingerprint density at radius 2 is 1.75 bits per heavy atom. The van der Waals surface area contributed by atoms with Gasteiger partial charge in [-0.3, -0.25) is 5.10 Å². The smallest absolute Gasteiger partial charge is 0.0678 e. The lowest BCUT2D eigenvalue weighted by Gasteiger charge is -2.13. The Labute approximate surface area is 75.4 Å². The number of nitrogens with zero attached hydrogens (tertiary/aromatic N) is 1. The third-order valence-corrected chi connectivity index (χ3v) is 1.47. The maximum Gasteiger partial charge on any atom is 0.0678 e. The molecule has 2 nitrogen and oxygen atoms in total. The fraction of sp³-hybridized carbons (Fsp3) is 0.700. The standard InChI is InChI=1S/C8H14N2.C2H6/c1-6-5-7(10-9-6)8(2,3)4;1-2/h5H,1-4H3,(H,9,10);1-2H3. The van der Waals surface area contributed by atoms with Crippen molar-refractivity contribution in [2.45, 2.75) is 47.0 Å². The molecular formula is C10H20N2. The molecule has 0 saturated carbocycles. The van der Waals surface area contributed by atoms with Gasteiger partial charge in [-0.1, -0.05) is 34.6 Å². The summed E-state index contributed by atoms with van der Waals surface area (Å²) < 4.78 is 0. The van der Waals surface area contributed by atoms with E-state index in [1.54, 1.807) is 0 Å². The SMILES string of the molecule is CC.Cc1cc(C(C)(C)C)n[nH]1. The first-order valence-electron chi connectivity index (χ1n) is 4.52. The van der Waals surface area contributed by atoms with Crippen LogP contribution in [0.5, 0.6) is 0 Å². The Balaban J connectivity index is 0.000000561. The molecular weight excluding hydrogens is 148 g/mol. The Kier molecular flexibility index (Phi) is 4.01. The van der Waals surface area contributed by atoms with E-state index in [9.17, 15) is 0 Å². The number of aryl methyl sites for hydroxylation is 1. The molecule has 1 aromatic heterocycles. The molecule has 0 atom stereocenters. The van der Waals surface area contributed by atoms with Crippen LogP contribution in [0.15, 0.2) is 6.07 Å². The molecule has 2 heteroatoms. The predicted octanol–water partition coefficient (Wildman–Crippen LogP) is 3.04. The molecule has 0 saturated heterocycles. The van der Waals surface area contributed by atoms with Gasteiger partial charge in [0.2, 0.25) is 0 Å². The molecule has 0 aliphatic rings. The highest BCUT2D eigenvalue weighted by atomic mass is 15.1. The van der Waals surface area contributed by atoms with Crippen molar-refractivity contribution in [3.8, 4) is 0 Å². The van der Waals surface area contributed by atoms with Gasteiger partial charge in [-0.2, -0.15) is 5.10 Å². The molecule has 0 amide bonds. The highest BCUT2D eigenvalue weighted by Crippen LogP contribution is 2.19. The molecule has 0 aliphatic carbocycles. The number of H-pyrrole nitrogens is 1. The van der Waals surface area contributed by atoms with Crippen molar-refractivity contribution in [1.82, 2.24) is 10.2 Å². The molecule has 0 bridgehead atoms. The first-order chi connectivity index (χ1) is 5.50. The second kappa shape index (κ2) is 4.29. The number of nitrogens with one attached hydrogen (secondary N) is 1. The van der Waals surface area contributed by atoms with Gasteiger partial charge in [0.25, 0.3) is 0 Å². The lowest BCUT2D eigenvalue weighted by molar-refractivity contribution is 0.567. The molecule has 0 radical (unpaired) electrons. The first kappa shape index (κ1) is 11.2. The Bertz CT molecular complexity index is 218. The van der Waals surface area contributed by atoms with E-state index in [-0.39, 0.29) is 5.41 Å². The predicted molar refractivity (Wildman–Crippen MR) is 53.4 cm³/mol. The zero-order valence-electron chi connectivity index (χ0n) is 9.02. The monoisotopic (exact) mass is 168 g/mol. The van der Waals surface area contributed by atoms with Crippen molar-refractivity contribution in [2.75, 3.05) is 0 Å². The van der Waals surface area contributed by atoms with Crippen LogP contribution in [-0.4, -0.2) is 10.2 Å². The minimum atomic E-state index is 0.171. The summed E-state index contributed by atoms with van der Waals surface area (Å²) in [5.41, 5.74) is 2.43. The first-order valence-corrected chi connectivity index (χ1v) is 4.52. The largest absolute Gasteiger partial charge is 0.283 e. The van der Waals surface area contributed by atoms with E-state index >= 15 is 0 Å². The van der Waals surface area contributed by atoms with Gasteiger partial charge >= 0.3 is 0 Å². The number of rotatable bonds is 0. The van der Waals surface area contributed by atoms with Gasteiger partial charge in [0.05, 0.1) is 5.69 Å². The van der Waals surface area contributed by atoms with Crippen LogP contribution in [0.25, 0.3) is 0 Å². The van der Waals surface area contributed by atoms with Crippen LogP contribution in [0.2, 0.25) is 0 Å². The molecule has 1 N–H and O–H groups in total. The van der Waals surface area contributed by atoms with Crippen LogP contribution in [-0.2, 0) is 5.41 Å². The molecule has 0 aliphatic heterocycles. The van der Waals surface area contributed by atoms with Crippen molar-refractivity contribution in [3.63, 3.8) is 0 Å². The van der Waals surface area contributed by atoms with Crippen molar-refractivity contribution in [1.29, 1.82) is 0 Å². The van der Waals surface area contributed by atoms with Gasteiger partial charge in [-0.25, -0.2) is 0 Å². The van der Waals surface area contributed by atoms with E-state index in [1.807, 2.05) is 20.8 Å². The maximum absolute atomic E-state index is 4.16. The second-order valence-electron chi connectivity index (χ2n) is 3.69. The van der Waals surface area contributed by atoms with E-state index in [4.69, 9.17) is 0 Å². The van der Waals surface area contributed by atoms with Crippen LogP contribution in [0.3, 0.4) is 0 Å². The fourth-order valence-electron chi connectivity index (χ4n) is 0.802. The van der Waals surface area contributed by atoms with Gasteiger partial charge in [-0.05, 0) is 13.0 Å². The molecule has 1 rings (SSSR count). The molecule has 1 heterocycles. The highest BCUT2D eigenvalue weighted by molar-refractivity contribution is 5.14. The molecule has 1 aromatic rings. The van der Waals surface area contributed by atoms with Gasteiger partial charge in [0.1, 0.15) is 0 Å². The quantitative estimate of drug-likeness (QED) is 0.633. The van der Waals surface area contributed by atoms with Crippen LogP contribution in [0, 0.1) is 6.92 Å². The average Bonchev–Trinajstić information content (AvgIpc) is 2.39. The van der Waals surface area contributed by atoms with Crippen molar-refractivity contribution < 1.29 is 0 Å². The average molecular weight is 168 g/mol.